The van der Waals surface area contributed by atoms with Crippen molar-refractivity contribution < 1.29 is 71.6 Å². The highest BCUT2D eigenvalue weighted by Crippen LogP contribution is 2.41. The predicted octanol–water partition coefficient (Wildman–Crippen LogP) is 2.70. The van der Waals surface area contributed by atoms with E-state index in [1.165, 1.54) is 27.9 Å². The van der Waals surface area contributed by atoms with E-state index in [9.17, 15) is 43.1 Å². The van der Waals surface area contributed by atoms with Crippen LogP contribution in [0.3, 0.4) is 0 Å². The molecule has 0 unspecified atom stereocenters. The number of halogens is 1. The average molecular weight is 893 g/mol. The smallest absolute Gasteiger partial charge is 0.311 e. The summed E-state index contributed by atoms with van der Waals surface area (Å²) in [4.78, 5) is 16.0. The molecule has 19 atom stereocenters. The fourth-order valence-corrected chi connectivity index (χ4v) is 11.1. The summed E-state index contributed by atoms with van der Waals surface area (Å²) in [7, 11) is 0.700. The van der Waals surface area contributed by atoms with Gasteiger partial charge in [0, 0.05) is 37.5 Å². The Bertz CT molecular complexity index is 1700. The third-order valence-electron chi connectivity index (χ3n) is 13.5. The number of rotatable bonds is 10. The first-order valence-electron chi connectivity index (χ1n) is 21.4. The maximum atomic E-state index is 14.4. The third kappa shape index (κ3) is 11.5. The highest BCUT2D eigenvalue weighted by molar-refractivity contribution is 7.89. The molecule has 352 valence electrons. The quantitative estimate of drug-likeness (QED) is 0.186. The van der Waals surface area contributed by atoms with E-state index in [4.69, 9.17) is 28.4 Å². The maximum absolute atomic E-state index is 14.4. The Morgan fingerprint density at radius 2 is 1.52 bits per heavy atom. The zero-order valence-corrected chi connectivity index (χ0v) is 38.8. The van der Waals surface area contributed by atoms with Gasteiger partial charge < -0.3 is 58.9 Å². The molecule has 1 aromatic rings. The topological polar surface area (TPSA) is 223 Å². The number of hydrogen-bond acceptors (Lipinski definition) is 15. The molecule has 0 radical (unpaired) electrons. The van der Waals surface area contributed by atoms with Crippen LogP contribution >= 0.6 is 0 Å². The lowest BCUT2D eigenvalue weighted by atomic mass is 9.72. The Balaban J connectivity index is 1.91. The van der Waals surface area contributed by atoms with Crippen LogP contribution in [0.1, 0.15) is 94.9 Å². The molecule has 0 bridgehead atoms. The van der Waals surface area contributed by atoms with Gasteiger partial charge in [0.1, 0.15) is 29.7 Å². The number of ether oxygens (including phenoxy) is 6. The van der Waals surface area contributed by atoms with Crippen LogP contribution in [0.2, 0.25) is 0 Å². The molecule has 18 heteroatoms. The number of cyclic esters (lactones) is 1. The molecule has 1 aromatic carbocycles. The summed E-state index contributed by atoms with van der Waals surface area (Å²) in [5.74, 6) is -5.48. The molecule has 0 aromatic heterocycles. The van der Waals surface area contributed by atoms with Crippen LogP contribution in [0.5, 0.6) is 0 Å². The summed E-state index contributed by atoms with van der Waals surface area (Å²) in [6, 6.07) is 2.61. The van der Waals surface area contributed by atoms with Gasteiger partial charge in [0.15, 0.2) is 12.6 Å². The van der Waals surface area contributed by atoms with Crippen LogP contribution in [0.15, 0.2) is 29.2 Å². The fourth-order valence-electron chi connectivity index (χ4n) is 9.69. The lowest BCUT2D eigenvalue weighted by Gasteiger charge is -2.49. The zero-order chi connectivity index (χ0) is 46.2. The third-order valence-corrected chi connectivity index (χ3v) is 15.0. The largest absolute Gasteiger partial charge is 0.459 e. The number of esters is 1. The second-order valence-corrected chi connectivity index (χ2v) is 20.5. The minimum Gasteiger partial charge on any atom is -0.459 e. The number of aliphatic hydroxyl groups is 5. The van der Waals surface area contributed by atoms with E-state index >= 15 is 0 Å². The van der Waals surface area contributed by atoms with Crippen molar-refractivity contribution in [3.63, 3.8) is 0 Å². The van der Waals surface area contributed by atoms with Crippen LogP contribution in [-0.2, 0) is 43.2 Å². The van der Waals surface area contributed by atoms with E-state index in [1.54, 1.807) is 41.5 Å². The maximum Gasteiger partial charge on any atom is 0.311 e. The van der Waals surface area contributed by atoms with Gasteiger partial charge in [-0.2, -0.15) is 0 Å². The monoisotopic (exact) mass is 892 g/mol. The normalized spacial score (nSPS) is 45.0. The highest BCUT2D eigenvalue weighted by atomic mass is 32.2. The number of hydrogen-bond donors (Lipinski definition) is 6. The first kappa shape index (κ1) is 51.7. The number of methoxy groups -OCH3 is 1. The van der Waals surface area contributed by atoms with E-state index in [1.807, 2.05) is 25.9 Å². The minimum atomic E-state index is -4.40. The van der Waals surface area contributed by atoms with Gasteiger partial charge in [0.25, 0.3) is 0 Å². The Morgan fingerprint density at radius 1 is 0.918 bits per heavy atom. The Morgan fingerprint density at radius 3 is 2.08 bits per heavy atom. The number of sulfonamides is 1. The molecular weight excluding hydrogens is 820 g/mol. The van der Waals surface area contributed by atoms with Crippen molar-refractivity contribution >= 4 is 16.0 Å². The lowest BCUT2D eigenvalue weighted by Crippen LogP contribution is -2.62. The summed E-state index contributed by atoms with van der Waals surface area (Å²) < 4.78 is 82.0. The van der Waals surface area contributed by atoms with Gasteiger partial charge in [0.2, 0.25) is 10.0 Å². The molecule has 61 heavy (non-hydrogen) atoms. The zero-order valence-electron chi connectivity index (χ0n) is 38.0. The summed E-state index contributed by atoms with van der Waals surface area (Å²) >= 11 is 0. The number of likely N-dealkylation sites (N-methyl/N-ethyl adjacent to an activating group) is 1. The molecule has 0 aliphatic carbocycles. The summed E-state index contributed by atoms with van der Waals surface area (Å²) in [6.07, 6.45) is -10.8. The van der Waals surface area contributed by atoms with E-state index < -0.39 is 130 Å². The van der Waals surface area contributed by atoms with Crippen molar-refractivity contribution in [1.82, 2.24) is 9.62 Å². The summed E-state index contributed by atoms with van der Waals surface area (Å²) in [5.41, 5.74) is -5.17. The van der Waals surface area contributed by atoms with Crippen LogP contribution in [0.4, 0.5) is 4.39 Å². The van der Waals surface area contributed by atoms with Crippen molar-refractivity contribution in [3.8, 4) is 0 Å². The van der Waals surface area contributed by atoms with Gasteiger partial charge in [-0.25, -0.2) is 17.5 Å². The number of nitrogens with zero attached hydrogens (tertiary/aromatic N) is 1. The van der Waals surface area contributed by atoms with Crippen molar-refractivity contribution in [2.24, 2.45) is 23.7 Å². The summed E-state index contributed by atoms with van der Waals surface area (Å²) in [6.45, 7) is 16.2. The number of carbonyl (C=O) groups is 1. The van der Waals surface area contributed by atoms with E-state index in [2.05, 4.69) is 4.72 Å². The SMILES string of the molecule is CC[C@H]1OC(=O)[C@H](C)[C@@H](O[C@H]2C[C@@](C)(OC)[C@@H](O)[C@H](C)O2)[C@@H](C)[C@@H](O[C@@H]2O[C@H](C)C[C@H](N(C)C)[C@H]2O)[C@](C)(O)C[C@@H](C)[C@H](NS(=O)(=O)c2ccc(F)cc2)[C@H](C)[C@H](O)[C@]1(C)O. The molecule has 4 rings (SSSR count). The highest BCUT2D eigenvalue weighted by Gasteiger charge is 2.54. The minimum absolute atomic E-state index is 0.0394. The van der Waals surface area contributed by atoms with Gasteiger partial charge in [0.05, 0.1) is 52.5 Å². The van der Waals surface area contributed by atoms with Gasteiger partial charge in [-0.3, -0.25) is 4.79 Å². The van der Waals surface area contributed by atoms with E-state index in [0.29, 0.717) is 6.42 Å². The van der Waals surface area contributed by atoms with Gasteiger partial charge in [-0.15, -0.1) is 0 Å². The molecule has 3 heterocycles. The number of nitrogens with one attached hydrogen (secondary N) is 1. The van der Waals surface area contributed by atoms with E-state index in [0.717, 1.165) is 24.3 Å². The van der Waals surface area contributed by atoms with Crippen LogP contribution in [0.25, 0.3) is 0 Å². The van der Waals surface area contributed by atoms with Gasteiger partial charge in [-0.1, -0.05) is 27.7 Å². The summed E-state index contributed by atoms with van der Waals surface area (Å²) in [5, 5.41) is 59.5. The van der Waals surface area contributed by atoms with Gasteiger partial charge >= 0.3 is 5.97 Å². The first-order valence-corrected chi connectivity index (χ1v) is 22.9. The number of carbonyl (C=O) groups excluding carboxylic acids is 1. The Kier molecular flexibility index (Phi) is 17.0. The van der Waals surface area contributed by atoms with Crippen molar-refractivity contribution in [2.75, 3.05) is 21.2 Å². The molecule has 0 spiro atoms. The molecule has 16 nitrogen and oxygen atoms in total. The second kappa shape index (κ2) is 20.1. The van der Waals surface area contributed by atoms with Crippen molar-refractivity contribution in [1.29, 1.82) is 0 Å². The number of aliphatic hydroxyl groups excluding tert-OH is 3. The standard InChI is InChI=1S/C43H73FN2O14S/c1-14-31-43(10,52)36(48)24(4)33(45-61(53,54)29-17-15-28(44)16-18-29)22(2)20-41(8,51)38(60-40-34(47)30(46(11)12)19-23(3)56-40)25(5)35(26(6)39(50)58-31)59-32-21-42(9,55-13)37(49)27(7)57-32/h15-18,22-27,30-38,40,45,47-49,51-52H,14,19-21H2,1-13H3/t22-,23-,24+,25-,26-,27+,30+,31-,32+,33+,34-,35+,36+,37+,38-,40+,41-,42-,43-/m1/s1. The van der Waals surface area contributed by atoms with Crippen LogP contribution in [-0.4, -0.2) is 156 Å². The molecule has 0 saturated carbocycles. The average Bonchev–Trinajstić information content (AvgIpc) is 3.18. The fraction of sp³-hybridized carbons (Fsp3) is 0.837. The Hall–Kier alpha value is -1.91. The van der Waals surface area contributed by atoms with Crippen LogP contribution in [0, 0.1) is 29.5 Å². The van der Waals surface area contributed by atoms with Crippen molar-refractivity contribution in [3.05, 3.63) is 30.1 Å². The molecule has 0 amide bonds. The molecular formula is C43H73FN2O14S. The van der Waals surface area contributed by atoms with Crippen molar-refractivity contribution in [2.45, 2.75) is 190 Å². The van der Waals surface area contributed by atoms with Crippen LogP contribution < -0.4 is 4.72 Å². The van der Waals surface area contributed by atoms with Gasteiger partial charge in [-0.05, 0) is 105 Å². The first-order chi connectivity index (χ1) is 28.1. The lowest BCUT2D eigenvalue weighted by molar-refractivity contribution is -0.318. The molecule has 3 saturated heterocycles. The Labute approximate surface area is 361 Å². The molecule has 3 fully saturated rings. The number of benzene rings is 1. The molecule has 3 aliphatic heterocycles. The second-order valence-electron chi connectivity index (χ2n) is 18.8. The molecule has 3 aliphatic rings. The van der Waals surface area contributed by atoms with E-state index in [-0.39, 0.29) is 30.3 Å². The molecule has 6 N–H and O–H groups in total. The predicted molar refractivity (Wildman–Crippen MR) is 222 cm³/mol.